The molecule has 2 aromatic rings. The molecular weight excluding hydrogens is 504 g/mol. The topological polar surface area (TPSA) is 66.4 Å². The second-order valence-corrected chi connectivity index (χ2v) is 7.19. The first kappa shape index (κ1) is 37.3. The van der Waals surface area contributed by atoms with Gasteiger partial charge in [0.15, 0.2) is 0 Å². The smallest absolute Gasteiger partial charge is 0.111 e. The first-order chi connectivity index (χ1) is 18.3. The molecule has 0 aliphatic carbocycles. The van der Waals surface area contributed by atoms with Gasteiger partial charge in [0.05, 0.1) is 58.8 Å². The van der Waals surface area contributed by atoms with E-state index in [2.05, 4.69) is 25.3 Å². The molecule has 0 radical (unpaired) electrons. The van der Waals surface area contributed by atoms with Crippen LogP contribution >= 0.6 is 11.6 Å². The van der Waals surface area contributed by atoms with Crippen LogP contribution in [0.3, 0.4) is 0 Å². The van der Waals surface area contributed by atoms with E-state index < -0.39 is 0 Å². The Morgan fingerprint density at radius 1 is 0.632 bits per heavy atom. The summed E-state index contributed by atoms with van der Waals surface area (Å²) in [7, 11) is 0. The van der Waals surface area contributed by atoms with E-state index in [1.165, 1.54) is 23.7 Å². The number of ether oxygens (including phenoxy) is 5. The van der Waals surface area contributed by atoms with Gasteiger partial charge >= 0.3 is 0 Å². The molecule has 2 aromatic carbocycles. The summed E-state index contributed by atoms with van der Waals surface area (Å²) in [4.78, 5) is 0. The molecule has 0 heterocycles. The van der Waals surface area contributed by atoms with Gasteiger partial charge in [-0.3, -0.25) is 0 Å². The predicted molar refractivity (Wildman–Crippen MR) is 160 cm³/mol. The van der Waals surface area contributed by atoms with Crippen molar-refractivity contribution in [2.24, 2.45) is 0 Å². The molecule has 0 amide bonds. The molecule has 0 spiro atoms. The first-order valence-electron chi connectivity index (χ1n) is 12.1. The highest BCUT2D eigenvalue weighted by Crippen LogP contribution is 2.01. The molecule has 0 aromatic heterocycles. The van der Waals surface area contributed by atoms with Crippen LogP contribution in [0.4, 0.5) is 0 Å². The Balaban J connectivity index is 0. The SMILES string of the molecule is C.C=COCCOCCO.C=COCCOCCOC/C=C/c1ccccc1.ClC/C=C/c1ccccc1. The van der Waals surface area contributed by atoms with E-state index in [9.17, 15) is 0 Å². The van der Waals surface area contributed by atoms with E-state index in [1.807, 2.05) is 72.8 Å². The second-order valence-electron chi connectivity index (χ2n) is 6.88. The van der Waals surface area contributed by atoms with Gasteiger partial charge in [-0.2, -0.15) is 0 Å². The van der Waals surface area contributed by atoms with Gasteiger partial charge in [-0.05, 0) is 11.1 Å². The zero-order valence-electron chi connectivity index (χ0n) is 21.6. The van der Waals surface area contributed by atoms with Gasteiger partial charge in [0.2, 0.25) is 0 Å². The van der Waals surface area contributed by atoms with E-state index in [0.717, 1.165) is 0 Å². The summed E-state index contributed by atoms with van der Waals surface area (Å²) in [6.45, 7) is 11.1. The molecule has 7 heteroatoms. The molecule has 0 fully saturated rings. The Morgan fingerprint density at radius 3 is 1.55 bits per heavy atom. The first-order valence-corrected chi connectivity index (χ1v) is 12.6. The molecule has 2 rings (SSSR count). The molecule has 0 aliphatic rings. The highest BCUT2D eigenvalue weighted by molar-refractivity contribution is 6.19. The molecule has 0 aliphatic heterocycles. The summed E-state index contributed by atoms with van der Waals surface area (Å²) >= 11 is 5.46. The number of alkyl halides is 1. The van der Waals surface area contributed by atoms with Crippen molar-refractivity contribution in [3.63, 3.8) is 0 Å². The third kappa shape index (κ3) is 27.7. The summed E-state index contributed by atoms with van der Waals surface area (Å²) in [5.74, 6) is 0.578. The molecule has 6 nitrogen and oxygen atoms in total. The van der Waals surface area contributed by atoms with Crippen LogP contribution in [0.1, 0.15) is 18.6 Å². The Kier molecular flexibility index (Phi) is 31.6. The van der Waals surface area contributed by atoms with Crippen LogP contribution in [-0.2, 0) is 23.7 Å². The van der Waals surface area contributed by atoms with E-state index in [1.54, 1.807) is 0 Å². The van der Waals surface area contributed by atoms with Gasteiger partial charge in [-0.25, -0.2) is 0 Å². The fourth-order valence-electron chi connectivity index (χ4n) is 2.41. The Hall–Kier alpha value is -2.87. The van der Waals surface area contributed by atoms with Crippen LogP contribution in [0.5, 0.6) is 0 Å². The third-order valence-corrected chi connectivity index (χ3v) is 4.24. The van der Waals surface area contributed by atoms with Crippen LogP contribution in [0.25, 0.3) is 12.2 Å². The van der Waals surface area contributed by atoms with Gasteiger partial charge in [-0.15, -0.1) is 11.6 Å². The normalized spacial score (nSPS) is 9.95. The number of hydrogen-bond acceptors (Lipinski definition) is 6. The Bertz CT molecular complexity index is 797. The van der Waals surface area contributed by atoms with Gasteiger partial charge in [0.1, 0.15) is 13.2 Å². The van der Waals surface area contributed by atoms with Crippen molar-refractivity contribution in [2.45, 2.75) is 7.43 Å². The average molecular weight is 549 g/mol. The number of aliphatic hydroxyl groups excluding tert-OH is 1. The molecule has 1 N–H and O–H groups in total. The minimum absolute atomic E-state index is 0. The Labute approximate surface area is 234 Å². The van der Waals surface area contributed by atoms with Crippen molar-refractivity contribution < 1.29 is 28.8 Å². The van der Waals surface area contributed by atoms with E-state index in [0.29, 0.717) is 58.7 Å². The zero-order valence-corrected chi connectivity index (χ0v) is 22.3. The monoisotopic (exact) mass is 548 g/mol. The standard InChI is InChI=1S/C15H20O3.C9H9Cl.C6H12O3.CH4/c1-2-16-11-12-18-14-13-17-10-6-9-15-7-4-3-5-8-15;10-8-4-7-9-5-2-1-3-6-9;1-2-8-5-6-9-4-3-7;/h2-9H,1,10-14H2;1-7H,8H2;2,7H,1,3-6H2;1H4/b9-6+;7-4+;;. The number of aliphatic hydroxyl groups is 1. The summed E-state index contributed by atoms with van der Waals surface area (Å²) in [6, 6.07) is 20.2. The van der Waals surface area contributed by atoms with Crippen molar-refractivity contribution in [1.29, 1.82) is 0 Å². The van der Waals surface area contributed by atoms with Gasteiger partial charge in [0, 0.05) is 5.88 Å². The summed E-state index contributed by atoms with van der Waals surface area (Å²) in [5.41, 5.74) is 2.38. The maximum absolute atomic E-state index is 8.24. The molecule has 212 valence electrons. The lowest BCUT2D eigenvalue weighted by molar-refractivity contribution is 0.0383. The van der Waals surface area contributed by atoms with Crippen LogP contribution < -0.4 is 0 Å². The summed E-state index contributed by atoms with van der Waals surface area (Å²) in [6.07, 6.45) is 10.7. The number of hydrogen-bond donors (Lipinski definition) is 1. The Morgan fingerprint density at radius 2 is 1.08 bits per heavy atom. The largest absolute Gasteiger partial charge is 0.499 e. The van der Waals surface area contributed by atoms with Crippen molar-refractivity contribution >= 4 is 23.8 Å². The lowest BCUT2D eigenvalue weighted by atomic mass is 10.2. The molecule has 0 atom stereocenters. The lowest BCUT2D eigenvalue weighted by Gasteiger charge is -2.03. The molecule has 0 bridgehead atoms. The molecule has 0 unspecified atom stereocenters. The van der Waals surface area contributed by atoms with Gasteiger partial charge in [0.25, 0.3) is 0 Å². The molecule has 38 heavy (non-hydrogen) atoms. The van der Waals surface area contributed by atoms with E-state index in [-0.39, 0.29) is 14.0 Å². The highest BCUT2D eigenvalue weighted by Gasteiger charge is 1.89. The van der Waals surface area contributed by atoms with Crippen LogP contribution in [0, 0.1) is 0 Å². The predicted octanol–water partition coefficient (Wildman–Crippen LogP) is 6.62. The maximum Gasteiger partial charge on any atom is 0.111 e. The zero-order chi connectivity index (χ0) is 27.1. The molecule has 0 saturated heterocycles. The number of rotatable bonds is 18. The van der Waals surface area contributed by atoms with Crippen molar-refractivity contribution in [1.82, 2.24) is 0 Å². The minimum Gasteiger partial charge on any atom is -0.499 e. The van der Waals surface area contributed by atoms with Crippen LogP contribution in [0.15, 0.2) is 98.5 Å². The van der Waals surface area contributed by atoms with Gasteiger partial charge in [-0.1, -0.05) is 106 Å². The summed E-state index contributed by atoms with van der Waals surface area (Å²) < 4.78 is 25.2. The maximum atomic E-state index is 8.24. The summed E-state index contributed by atoms with van der Waals surface area (Å²) in [5, 5.41) is 8.24. The van der Waals surface area contributed by atoms with E-state index >= 15 is 0 Å². The van der Waals surface area contributed by atoms with Crippen molar-refractivity contribution in [2.75, 3.05) is 65.3 Å². The van der Waals surface area contributed by atoms with Crippen LogP contribution in [-0.4, -0.2) is 70.4 Å². The minimum atomic E-state index is 0. The van der Waals surface area contributed by atoms with Crippen LogP contribution in [0.2, 0.25) is 0 Å². The number of allylic oxidation sites excluding steroid dienone is 1. The number of benzene rings is 2. The fourth-order valence-corrected chi connectivity index (χ4v) is 2.50. The molecular formula is C31H45ClO6. The average Bonchev–Trinajstić information content (AvgIpc) is 2.95. The van der Waals surface area contributed by atoms with Gasteiger partial charge < -0.3 is 28.8 Å². The van der Waals surface area contributed by atoms with E-state index in [4.69, 9.17) is 40.4 Å². The quantitative estimate of drug-likeness (QED) is 0.128. The second kappa shape index (κ2) is 32.2. The van der Waals surface area contributed by atoms with Crippen molar-refractivity contribution in [3.05, 3.63) is 110 Å². The molecule has 0 saturated carbocycles. The fraction of sp³-hybridized carbons (Fsp3) is 0.355. The number of halogens is 1. The van der Waals surface area contributed by atoms with Crippen molar-refractivity contribution in [3.8, 4) is 0 Å². The lowest BCUT2D eigenvalue weighted by Crippen LogP contribution is -2.08. The highest BCUT2D eigenvalue weighted by atomic mass is 35.5. The third-order valence-electron chi connectivity index (χ3n) is 4.06.